The second kappa shape index (κ2) is 6.95. The van der Waals surface area contributed by atoms with Crippen molar-refractivity contribution in [3.8, 4) is 5.69 Å². The molecule has 0 aliphatic rings. The van der Waals surface area contributed by atoms with E-state index in [2.05, 4.69) is 27.6 Å². The number of amides is 1. The van der Waals surface area contributed by atoms with Gasteiger partial charge in [-0.05, 0) is 36.2 Å². The van der Waals surface area contributed by atoms with Gasteiger partial charge in [-0.3, -0.25) is 4.79 Å². The molecule has 0 radical (unpaired) electrons. The van der Waals surface area contributed by atoms with E-state index in [0.717, 1.165) is 29.0 Å². The van der Waals surface area contributed by atoms with E-state index in [1.165, 1.54) is 6.92 Å². The third kappa shape index (κ3) is 3.60. The molecule has 3 aromatic rings. The molecule has 0 aliphatic heterocycles. The molecule has 1 amide bonds. The summed E-state index contributed by atoms with van der Waals surface area (Å²) < 4.78 is 1.71. The molecule has 6 nitrogen and oxygen atoms in total. The van der Waals surface area contributed by atoms with Crippen LogP contribution in [0, 0.1) is 0 Å². The molecule has 1 aromatic heterocycles. The van der Waals surface area contributed by atoms with Crippen LogP contribution in [-0.2, 0) is 11.2 Å². The molecule has 122 valence electrons. The average molecular weight is 321 g/mol. The van der Waals surface area contributed by atoms with Crippen molar-refractivity contribution in [1.29, 1.82) is 0 Å². The molecule has 0 fully saturated rings. The molecule has 6 heteroatoms. The highest BCUT2D eigenvalue weighted by Gasteiger charge is 2.08. The summed E-state index contributed by atoms with van der Waals surface area (Å²) in [4.78, 5) is 15.5. The molecule has 0 spiro atoms. The van der Waals surface area contributed by atoms with E-state index in [4.69, 9.17) is 0 Å². The maximum absolute atomic E-state index is 11.2. The van der Waals surface area contributed by atoms with Crippen molar-refractivity contribution in [3.05, 3.63) is 60.4 Å². The first-order valence-corrected chi connectivity index (χ1v) is 7.80. The van der Waals surface area contributed by atoms with Gasteiger partial charge in [0, 0.05) is 18.3 Å². The number of hydrogen-bond acceptors (Lipinski definition) is 4. The lowest BCUT2D eigenvalue weighted by Gasteiger charge is -2.11. The van der Waals surface area contributed by atoms with Crippen molar-refractivity contribution in [2.45, 2.75) is 20.3 Å². The third-order valence-corrected chi connectivity index (χ3v) is 3.57. The number of hydrogen-bond donors (Lipinski definition) is 2. The van der Waals surface area contributed by atoms with Crippen LogP contribution < -0.4 is 10.6 Å². The van der Waals surface area contributed by atoms with Gasteiger partial charge in [0.2, 0.25) is 11.9 Å². The summed E-state index contributed by atoms with van der Waals surface area (Å²) in [6.45, 7) is 3.57. The Balaban J connectivity index is 1.85. The Labute approximate surface area is 140 Å². The summed E-state index contributed by atoms with van der Waals surface area (Å²) >= 11 is 0. The van der Waals surface area contributed by atoms with Gasteiger partial charge in [0.05, 0.1) is 5.69 Å². The molecule has 0 unspecified atom stereocenters. The van der Waals surface area contributed by atoms with Crippen molar-refractivity contribution < 1.29 is 4.79 Å². The van der Waals surface area contributed by atoms with Crippen molar-refractivity contribution in [3.63, 3.8) is 0 Å². The van der Waals surface area contributed by atoms with Crippen molar-refractivity contribution in [1.82, 2.24) is 14.8 Å². The molecule has 0 atom stereocenters. The smallest absolute Gasteiger partial charge is 0.246 e. The van der Waals surface area contributed by atoms with Crippen molar-refractivity contribution >= 4 is 23.2 Å². The van der Waals surface area contributed by atoms with E-state index in [0.29, 0.717) is 5.95 Å². The Hall–Kier alpha value is -3.15. The van der Waals surface area contributed by atoms with Gasteiger partial charge in [0.15, 0.2) is 0 Å². The van der Waals surface area contributed by atoms with E-state index < -0.39 is 0 Å². The molecule has 0 bridgehead atoms. The zero-order valence-corrected chi connectivity index (χ0v) is 13.7. The number of carbonyl (C=O) groups excluding carboxylic acids is 1. The zero-order chi connectivity index (χ0) is 16.9. The maximum Gasteiger partial charge on any atom is 0.246 e. The number of aromatic nitrogens is 3. The first-order valence-electron chi connectivity index (χ1n) is 7.80. The van der Waals surface area contributed by atoms with Gasteiger partial charge in [-0.1, -0.05) is 31.2 Å². The van der Waals surface area contributed by atoms with E-state index in [-0.39, 0.29) is 5.91 Å². The van der Waals surface area contributed by atoms with Gasteiger partial charge in [-0.15, -0.1) is 5.10 Å². The molecule has 0 saturated heterocycles. The lowest BCUT2D eigenvalue weighted by atomic mass is 10.1. The minimum absolute atomic E-state index is 0.100. The minimum Gasteiger partial charge on any atom is -0.326 e. The number of para-hydroxylation sites is 1. The standard InChI is InChI=1S/C18H19N5O/c1-3-14-9-10-15(20-13(2)24)11-17(14)21-18-19-12-23(22-18)16-7-5-4-6-8-16/h4-12H,3H2,1-2H3,(H,20,24)(H,21,22). The quantitative estimate of drug-likeness (QED) is 0.754. The maximum atomic E-state index is 11.2. The van der Waals surface area contributed by atoms with Gasteiger partial charge in [-0.2, -0.15) is 4.98 Å². The van der Waals surface area contributed by atoms with E-state index in [1.807, 2.05) is 48.5 Å². The first kappa shape index (κ1) is 15.7. The van der Waals surface area contributed by atoms with Gasteiger partial charge >= 0.3 is 0 Å². The van der Waals surface area contributed by atoms with E-state index in [1.54, 1.807) is 11.0 Å². The number of nitrogens with zero attached hydrogens (tertiary/aromatic N) is 3. The highest BCUT2D eigenvalue weighted by Crippen LogP contribution is 2.24. The Bertz CT molecular complexity index is 842. The lowest BCUT2D eigenvalue weighted by Crippen LogP contribution is -2.07. The molecule has 3 rings (SSSR count). The van der Waals surface area contributed by atoms with Crippen LogP contribution in [0.2, 0.25) is 0 Å². The summed E-state index contributed by atoms with van der Waals surface area (Å²) in [6, 6.07) is 15.6. The Morgan fingerprint density at radius 3 is 2.67 bits per heavy atom. The van der Waals surface area contributed by atoms with Crippen molar-refractivity contribution in [2.75, 3.05) is 10.6 Å². The number of benzene rings is 2. The van der Waals surface area contributed by atoms with E-state index >= 15 is 0 Å². The van der Waals surface area contributed by atoms with Gasteiger partial charge in [0.25, 0.3) is 0 Å². The molecular formula is C18H19N5O. The van der Waals surface area contributed by atoms with Crippen LogP contribution in [0.4, 0.5) is 17.3 Å². The van der Waals surface area contributed by atoms with Crippen molar-refractivity contribution in [2.24, 2.45) is 0 Å². The first-order chi connectivity index (χ1) is 11.7. The van der Waals surface area contributed by atoms with Crippen LogP contribution in [0.15, 0.2) is 54.9 Å². The number of anilines is 3. The summed E-state index contributed by atoms with van der Waals surface area (Å²) in [5, 5.41) is 10.5. The highest BCUT2D eigenvalue weighted by atomic mass is 16.1. The molecule has 0 saturated carbocycles. The molecule has 0 aliphatic carbocycles. The predicted octanol–water partition coefficient (Wildman–Crippen LogP) is 3.53. The predicted molar refractivity (Wildman–Crippen MR) is 94.8 cm³/mol. The third-order valence-electron chi connectivity index (χ3n) is 3.57. The van der Waals surface area contributed by atoms with Crippen LogP contribution in [-0.4, -0.2) is 20.7 Å². The van der Waals surface area contributed by atoms with Gasteiger partial charge in [-0.25, -0.2) is 4.68 Å². The number of carbonyl (C=O) groups is 1. The fourth-order valence-electron chi connectivity index (χ4n) is 2.43. The molecule has 2 aromatic carbocycles. The molecule has 1 heterocycles. The summed E-state index contributed by atoms with van der Waals surface area (Å²) in [6.07, 6.45) is 2.53. The largest absolute Gasteiger partial charge is 0.326 e. The zero-order valence-electron chi connectivity index (χ0n) is 13.7. The average Bonchev–Trinajstić information content (AvgIpc) is 3.04. The van der Waals surface area contributed by atoms with Crippen LogP contribution in [0.25, 0.3) is 5.69 Å². The van der Waals surface area contributed by atoms with Crippen LogP contribution >= 0.6 is 0 Å². The second-order valence-electron chi connectivity index (χ2n) is 5.38. The van der Waals surface area contributed by atoms with Gasteiger partial charge < -0.3 is 10.6 Å². The summed E-state index contributed by atoms with van der Waals surface area (Å²) in [5.41, 5.74) is 3.69. The fraction of sp³-hybridized carbons (Fsp3) is 0.167. The molecule has 24 heavy (non-hydrogen) atoms. The topological polar surface area (TPSA) is 71.8 Å². The van der Waals surface area contributed by atoms with Gasteiger partial charge in [0.1, 0.15) is 6.33 Å². The highest BCUT2D eigenvalue weighted by molar-refractivity contribution is 5.89. The number of rotatable bonds is 5. The summed E-state index contributed by atoms with van der Waals surface area (Å²) in [5.74, 6) is 0.408. The lowest BCUT2D eigenvalue weighted by molar-refractivity contribution is -0.114. The van der Waals surface area contributed by atoms with Crippen LogP contribution in [0.3, 0.4) is 0 Å². The Morgan fingerprint density at radius 1 is 1.17 bits per heavy atom. The Kier molecular flexibility index (Phi) is 4.56. The van der Waals surface area contributed by atoms with Crippen LogP contribution in [0.5, 0.6) is 0 Å². The monoisotopic (exact) mass is 321 g/mol. The molecule has 2 N–H and O–H groups in total. The van der Waals surface area contributed by atoms with Crippen LogP contribution in [0.1, 0.15) is 19.4 Å². The summed E-state index contributed by atoms with van der Waals surface area (Å²) in [7, 11) is 0. The Morgan fingerprint density at radius 2 is 1.96 bits per heavy atom. The number of nitrogens with one attached hydrogen (secondary N) is 2. The minimum atomic E-state index is -0.100. The second-order valence-corrected chi connectivity index (χ2v) is 5.38. The normalized spacial score (nSPS) is 10.4. The SMILES string of the molecule is CCc1ccc(NC(C)=O)cc1Nc1ncn(-c2ccccc2)n1. The molecular weight excluding hydrogens is 302 g/mol. The van der Waals surface area contributed by atoms with E-state index in [9.17, 15) is 4.79 Å². The fourth-order valence-corrected chi connectivity index (χ4v) is 2.43. The number of aryl methyl sites for hydroxylation is 1.